The Bertz CT molecular complexity index is 1050. The molecule has 30 heavy (non-hydrogen) atoms. The van der Waals surface area contributed by atoms with Gasteiger partial charge in [-0.3, -0.25) is 9.59 Å². The summed E-state index contributed by atoms with van der Waals surface area (Å²) in [5, 5.41) is 12.7. The topological polar surface area (TPSA) is 76.9 Å². The summed E-state index contributed by atoms with van der Waals surface area (Å²) in [6, 6.07) is 14.4. The predicted octanol–water partition coefficient (Wildman–Crippen LogP) is 4.64. The van der Waals surface area contributed by atoms with Gasteiger partial charge in [0.05, 0.1) is 5.75 Å². The number of rotatable bonds is 9. The first-order valence-electron chi connectivity index (χ1n) is 9.27. The predicted molar refractivity (Wildman–Crippen MR) is 120 cm³/mol. The first-order valence-corrected chi connectivity index (χ1v) is 10.6. The Morgan fingerprint density at radius 2 is 1.83 bits per heavy atom. The number of anilines is 1. The maximum absolute atomic E-state index is 12.3. The largest absolute Gasteiger partial charge is 0.325 e. The van der Waals surface area contributed by atoms with E-state index in [9.17, 15) is 9.59 Å². The number of thioether (sulfide) groups is 1. The number of allylic oxidation sites excluding steroid dienone is 1. The van der Waals surface area contributed by atoms with Gasteiger partial charge in [-0.05, 0) is 48.9 Å². The lowest BCUT2D eigenvalue weighted by Crippen LogP contribution is -2.15. The van der Waals surface area contributed by atoms with Crippen LogP contribution in [0.4, 0.5) is 5.69 Å². The Labute approximate surface area is 184 Å². The second kappa shape index (κ2) is 10.2. The minimum atomic E-state index is -0.164. The number of nitrogens with one attached hydrogen (secondary N) is 1. The van der Waals surface area contributed by atoms with Crippen LogP contribution < -0.4 is 5.32 Å². The van der Waals surface area contributed by atoms with Crippen molar-refractivity contribution in [3.8, 4) is 0 Å². The van der Waals surface area contributed by atoms with Crippen molar-refractivity contribution in [3.63, 3.8) is 0 Å². The van der Waals surface area contributed by atoms with Gasteiger partial charge in [-0.15, -0.1) is 16.8 Å². The van der Waals surface area contributed by atoms with E-state index in [1.165, 1.54) is 18.7 Å². The highest BCUT2D eigenvalue weighted by atomic mass is 35.5. The average molecular weight is 441 g/mol. The van der Waals surface area contributed by atoms with Gasteiger partial charge in [-0.2, -0.15) is 0 Å². The zero-order valence-electron chi connectivity index (χ0n) is 16.5. The third-order valence-electron chi connectivity index (χ3n) is 4.29. The zero-order valence-corrected chi connectivity index (χ0v) is 18.0. The number of carbonyl (C=O) groups is 2. The average Bonchev–Trinajstić information content (AvgIpc) is 3.10. The van der Waals surface area contributed by atoms with E-state index in [0.717, 1.165) is 11.4 Å². The van der Waals surface area contributed by atoms with E-state index in [2.05, 4.69) is 22.1 Å². The fraction of sp³-hybridized carbons (Fsp3) is 0.182. The van der Waals surface area contributed by atoms with E-state index >= 15 is 0 Å². The van der Waals surface area contributed by atoms with Crippen molar-refractivity contribution in [2.24, 2.45) is 0 Å². The van der Waals surface area contributed by atoms with Crippen LogP contribution in [0.3, 0.4) is 0 Å². The van der Waals surface area contributed by atoms with Crippen molar-refractivity contribution >= 4 is 40.7 Å². The number of halogens is 1. The van der Waals surface area contributed by atoms with Gasteiger partial charge in [-0.25, -0.2) is 0 Å². The Balaban J connectivity index is 1.63. The van der Waals surface area contributed by atoms with Crippen LogP contribution in [0, 0.1) is 0 Å². The third-order valence-corrected chi connectivity index (χ3v) is 5.51. The lowest BCUT2D eigenvalue weighted by atomic mass is 10.1. The molecule has 0 spiro atoms. The summed E-state index contributed by atoms with van der Waals surface area (Å²) in [5.41, 5.74) is 2.31. The number of carbonyl (C=O) groups excluding carboxylic acids is 2. The minimum absolute atomic E-state index is 0.0145. The van der Waals surface area contributed by atoms with Gasteiger partial charge < -0.3 is 9.88 Å². The third kappa shape index (κ3) is 5.81. The van der Waals surface area contributed by atoms with Crippen molar-refractivity contribution in [1.29, 1.82) is 0 Å². The molecule has 3 aromatic rings. The molecule has 6 nitrogen and oxygen atoms in total. The first kappa shape index (κ1) is 21.8. The zero-order chi connectivity index (χ0) is 21.5. The molecule has 0 aliphatic carbocycles. The van der Waals surface area contributed by atoms with Crippen LogP contribution in [-0.2, 0) is 17.8 Å². The summed E-state index contributed by atoms with van der Waals surface area (Å²) in [6.07, 6.45) is 2.38. The lowest BCUT2D eigenvalue weighted by molar-refractivity contribution is -0.113. The van der Waals surface area contributed by atoms with Gasteiger partial charge in [0.15, 0.2) is 10.9 Å². The first-order chi connectivity index (χ1) is 14.5. The number of Topliss-reactive ketones (excluding diaryl/α,β-unsaturated/α-hetero) is 1. The quantitative estimate of drug-likeness (QED) is 0.298. The molecule has 0 aliphatic rings. The van der Waals surface area contributed by atoms with Crippen LogP contribution in [0.2, 0.25) is 5.02 Å². The molecule has 0 saturated carbocycles. The molecule has 2 aromatic carbocycles. The van der Waals surface area contributed by atoms with E-state index in [1.54, 1.807) is 30.3 Å². The van der Waals surface area contributed by atoms with Crippen LogP contribution in [0.25, 0.3) is 0 Å². The molecular weight excluding hydrogens is 420 g/mol. The number of nitrogens with zero attached hydrogens (tertiary/aromatic N) is 3. The molecule has 0 fully saturated rings. The van der Waals surface area contributed by atoms with Crippen LogP contribution in [-0.4, -0.2) is 32.2 Å². The highest BCUT2D eigenvalue weighted by Gasteiger charge is 2.14. The van der Waals surface area contributed by atoms with Gasteiger partial charge in [-0.1, -0.05) is 41.6 Å². The fourth-order valence-corrected chi connectivity index (χ4v) is 3.66. The number of benzene rings is 2. The number of aromatic nitrogens is 3. The van der Waals surface area contributed by atoms with Crippen molar-refractivity contribution < 1.29 is 9.59 Å². The molecule has 3 rings (SSSR count). The SMILES string of the molecule is C=CCn1c(Cc2ccc(Cl)cc2)nnc1SCC(=O)Nc1ccc(C(C)=O)cc1. The highest BCUT2D eigenvalue weighted by molar-refractivity contribution is 7.99. The molecule has 154 valence electrons. The number of hydrogen-bond donors (Lipinski definition) is 1. The van der Waals surface area contributed by atoms with E-state index < -0.39 is 0 Å². The summed E-state index contributed by atoms with van der Waals surface area (Å²) < 4.78 is 1.95. The van der Waals surface area contributed by atoms with Crippen LogP contribution >= 0.6 is 23.4 Å². The smallest absolute Gasteiger partial charge is 0.234 e. The molecule has 0 bridgehead atoms. The summed E-state index contributed by atoms with van der Waals surface area (Å²) in [7, 11) is 0. The van der Waals surface area contributed by atoms with Crippen molar-refractivity contribution in [3.05, 3.63) is 83.2 Å². The molecule has 1 amide bonds. The van der Waals surface area contributed by atoms with Crippen LogP contribution in [0.15, 0.2) is 66.3 Å². The normalized spacial score (nSPS) is 10.6. The number of ketones is 1. The van der Waals surface area contributed by atoms with Gasteiger partial charge in [0.1, 0.15) is 5.82 Å². The van der Waals surface area contributed by atoms with E-state index in [4.69, 9.17) is 11.6 Å². The standard InChI is InChI=1S/C22H21ClN4O2S/c1-3-12-27-20(13-16-4-8-18(23)9-5-16)25-26-22(27)30-14-21(29)24-19-10-6-17(7-11-19)15(2)28/h3-11H,1,12-14H2,2H3,(H,24,29). The second-order valence-corrected chi connectivity index (χ2v) is 7.95. The Morgan fingerprint density at radius 3 is 2.47 bits per heavy atom. The molecule has 1 heterocycles. The van der Waals surface area contributed by atoms with Crippen LogP contribution in [0.1, 0.15) is 28.7 Å². The second-order valence-electron chi connectivity index (χ2n) is 6.57. The van der Waals surface area contributed by atoms with Crippen molar-refractivity contribution in [2.45, 2.75) is 25.0 Å². The molecule has 0 aliphatic heterocycles. The number of amides is 1. The Kier molecular flexibility index (Phi) is 7.43. The van der Waals surface area contributed by atoms with Gasteiger partial charge in [0.25, 0.3) is 0 Å². The van der Waals surface area contributed by atoms with Gasteiger partial charge >= 0.3 is 0 Å². The molecule has 8 heteroatoms. The summed E-state index contributed by atoms with van der Waals surface area (Å²) >= 11 is 7.26. The van der Waals surface area contributed by atoms with Crippen molar-refractivity contribution in [1.82, 2.24) is 14.8 Å². The fourth-order valence-electron chi connectivity index (χ4n) is 2.77. The van der Waals surface area contributed by atoms with E-state index in [-0.39, 0.29) is 17.4 Å². The Morgan fingerprint density at radius 1 is 1.13 bits per heavy atom. The minimum Gasteiger partial charge on any atom is -0.325 e. The van der Waals surface area contributed by atoms with Gasteiger partial charge in [0.2, 0.25) is 5.91 Å². The molecule has 0 radical (unpaired) electrons. The highest BCUT2D eigenvalue weighted by Crippen LogP contribution is 2.20. The van der Waals surface area contributed by atoms with Gasteiger partial charge in [0, 0.05) is 29.2 Å². The maximum Gasteiger partial charge on any atom is 0.234 e. The maximum atomic E-state index is 12.3. The van der Waals surface area contributed by atoms with E-state index in [0.29, 0.717) is 34.4 Å². The monoisotopic (exact) mass is 440 g/mol. The molecule has 1 N–H and O–H groups in total. The van der Waals surface area contributed by atoms with Crippen LogP contribution in [0.5, 0.6) is 0 Å². The molecule has 0 saturated heterocycles. The number of hydrogen-bond acceptors (Lipinski definition) is 5. The molecular formula is C22H21ClN4O2S. The van der Waals surface area contributed by atoms with E-state index in [1.807, 2.05) is 28.8 Å². The molecule has 0 unspecified atom stereocenters. The summed E-state index contributed by atoms with van der Waals surface area (Å²) in [4.78, 5) is 23.7. The molecule has 1 aromatic heterocycles. The summed E-state index contributed by atoms with van der Waals surface area (Å²) in [5.74, 6) is 0.798. The lowest BCUT2D eigenvalue weighted by Gasteiger charge is -2.08. The van der Waals surface area contributed by atoms with Crippen molar-refractivity contribution in [2.75, 3.05) is 11.1 Å². The Hall–Kier alpha value is -2.90. The molecule has 0 atom stereocenters. The summed E-state index contributed by atoms with van der Waals surface area (Å²) in [6.45, 7) is 5.85.